The van der Waals surface area contributed by atoms with E-state index in [1.165, 1.54) is 12.1 Å². The normalized spacial score (nSPS) is 11.4. The summed E-state index contributed by atoms with van der Waals surface area (Å²) in [4.78, 5) is 0.130. The van der Waals surface area contributed by atoms with Gasteiger partial charge in [0.2, 0.25) is 0 Å². The van der Waals surface area contributed by atoms with Gasteiger partial charge in [0.25, 0.3) is 10.0 Å². The fourth-order valence-corrected chi connectivity index (χ4v) is 3.53. The van der Waals surface area contributed by atoms with Crippen molar-refractivity contribution in [3.63, 3.8) is 0 Å². The lowest BCUT2D eigenvalue weighted by atomic mass is 10.1. The monoisotopic (exact) mass is 369 g/mol. The van der Waals surface area contributed by atoms with Crippen LogP contribution in [0.15, 0.2) is 45.8 Å². The molecule has 0 aliphatic heterocycles. The molecular weight excluding hydrogens is 354 g/mol. The quantitative estimate of drug-likeness (QED) is 0.867. The number of nitrogens with one attached hydrogen (secondary N) is 1. The third-order valence-electron chi connectivity index (χ3n) is 3.24. The van der Waals surface area contributed by atoms with E-state index in [1.807, 2.05) is 19.9 Å². The van der Waals surface area contributed by atoms with E-state index in [9.17, 15) is 13.5 Å². The number of aliphatic hydroxyl groups excluding tert-OH is 1. The van der Waals surface area contributed by atoms with Crippen molar-refractivity contribution in [3.05, 3.63) is 57.6 Å². The molecule has 112 valence electrons. The lowest BCUT2D eigenvalue weighted by Crippen LogP contribution is -2.14. The first kappa shape index (κ1) is 16.0. The third kappa shape index (κ3) is 3.45. The van der Waals surface area contributed by atoms with Gasteiger partial charge in [-0.3, -0.25) is 4.72 Å². The summed E-state index contributed by atoms with van der Waals surface area (Å²) >= 11 is 3.38. The summed E-state index contributed by atoms with van der Waals surface area (Å²) in [5, 5.41) is 9.26. The Morgan fingerprint density at radius 2 is 1.86 bits per heavy atom. The van der Waals surface area contributed by atoms with E-state index in [0.717, 1.165) is 11.1 Å². The number of rotatable bonds is 4. The summed E-state index contributed by atoms with van der Waals surface area (Å²) in [5.41, 5.74) is 2.88. The van der Waals surface area contributed by atoms with Gasteiger partial charge >= 0.3 is 0 Å². The molecule has 0 aliphatic carbocycles. The number of hydrogen-bond donors (Lipinski definition) is 2. The number of halogens is 1. The third-order valence-corrected chi connectivity index (χ3v) is 5.65. The maximum Gasteiger partial charge on any atom is 0.261 e. The van der Waals surface area contributed by atoms with Crippen molar-refractivity contribution in [2.24, 2.45) is 0 Å². The summed E-state index contributed by atoms with van der Waals surface area (Å²) in [7, 11) is -3.69. The van der Waals surface area contributed by atoms with E-state index in [0.29, 0.717) is 15.7 Å². The van der Waals surface area contributed by atoms with Gasteiger partial charge in [-0.05, 0) is 64.7 Å². The smallest absolute Gasteiger partial charge is 0.261 e. The Labute approximate surface area is 133 Å². The Balaban J connectivity index is 2.41. The summed E-state index contributed by atoms with van der Waals surface area (Å²) < 4.78 is 28.1. The van der Waals surface area contributed by atoms with Crippen LogP contribution in [-0.2, 0) is 16.6 Å². The number of hydrogen-bond acceptors (Lipinski definition) is 3. The van der Waals surface area contributed by atoms with E-state index >= 15 is 0 Å². The standard InChI is InChI=1S/C15H16BrNO3S/c1-10-6-7-13(8-12(10)9-18)21(19,20)17-14-5-3-4-11(2)15(14)16/h3-8,17-18H,9H2,1-2H3. The molecule has 0 amide bonds. The summed E-state index contributed by atoms with van der Waals surface area (Å²) in [6, 6.07) is 10.1. The SMILES string of the molecule is Cc1ccc(S(=O)(=O)Nc2cccc(C)c2Br)cc1CO. The van der Waals surface area contributed by atoms with Gasteiger partial charge in [0.15, 0.2) is 0 Å². The molecule has 0 atom stereocenters. The second-order valence-electron chi connectivity index (χ2n) is 4.79. The number of benzene rings is 2. The molecule has 0 aliphatic rings. The van der Waals surface area contributed by atoms with E-state index < -0.39 is 10.0 Å². The van der Waals surface area contributed by atoms with Crippen molar-refractivity contribution in [3.8, 4) is 0 Å². The zero-order valence-corrected chi connectivity index (χ0v) is 14.1. The zero-order chi connectivity index (χ0) is 15.6. The minimum Gasteiger partial charge on any atom is -0.392 e. The Morgan fingerprint density at radius 1 is 1.14 bits per heavy atom. The number of anilines is 1. The first-order valence-electron chi connectivity index (χ1n) is 6.33. The molecule has 0 bridgehead atoms. The molecule has 21 heavy (non-hydrogen) atoms. The molecule has 0 radical (unpaired) electrons. The highest BCUT2D eigenvalue weighted by Crippen LogP contribution is 2.28. The van der Waals surface area contributed by atoms with Gasteiger partial charge in [-0.2, -0.15) is 0 Å². The second-order valence-corrected chi connectivity index (χ2v) is 7.26. The number of aliphatic hydroxyl groups is 1. The Hall–Kier alpha value is -1.37. The average molecular weight is 370 g/mol. The second kappa shape index (κ2) is 6.17. The van der Waals surface area contributed by atoms with Crippen LogP contribution in [0.3, 0.4) is 0 Å². The van der Waals surface area contributed by atoms with Crippen molar-refractivity contribution < 1.29 is 13.5 Å². The fourth-order valence-electron chi connectivity index (χ4n) is 1.92. The Bertz CT molecular complexity index is 772. The van der Waals surface area contributed by atoms with Crippen LogP contribution in [-0.4, -0.2) is 13.5 Å². The maximum atomic E-state index is 12.4. The highest BCUT2D eigenvalue weighted by molar-refractivity contribution is 9.10. The Kier molecular flexibility index (Phi) is 4.70. The zero-order valence-electron chi connectivity index (χ0n) is 11.7. The molecule has 6 heteroatoms. The predicted molar refractivity (Wildman–Crippen MR) is 86.8 cm³/mol. The highest BCUT2D eigenvalue weighted by Gasteiger charge is 2.17. The van der Waals surface area contributed by atoms with E-state index in [-0.39, 0.29) is 11.5 Å². The van der Waals surface area contributed by atoms with Crippen LogP contribution >= 0.6 is 15.9 Å². The van der Waals surface area contributed by atoms with Gasteiger partial charge in [0, 0.05) is 4.47 Å². The molecule has 2 aromatic carbocycles. The first-order valence-corrected chi connectivity index (χ1v) is 8.61. The summed E-state index contributed by atoms with van der Waals surface area (Å²) in [6.45, 7) is 3.52. The molecule has 4 nitrogen and oxygen atoms in total. The predicted octanol–water partition coefficient (Wildman–Crippen LogP) is 3.36. The van der Waals surface area contributed by atoms with Crippen molar-refractivity contribution in [2.45, 2.75) is 25.3 Å². The maximum absolute atomic E-state index is 12.4. The van der Waals surface area contributed by atoms with Crippen LogP contribution in [0.5, 0.6) is 0 Å². The Morgan fingerprint density at radius 3 is 2.52 bits per heavy atom. The topological polar surface area (TPSA) is 66.4 Å². The summed E-state index contributed by atoms with van der Waals surface area (Å²) in [6.07, 6.45) is 0. The van der Waals surface area contributed by atoms with Crippen molar-refractivity contribution >= 4 is 31.6 Å². The van der Waals surface area contributed by atoms with E-state index in [4.69, 9.17) is 0 Å². The molecule has 0 spiro atoms. The van der Waals surface area contributed by atoms with Crippen molar-refractivity contribution in [1.29, 1.82) is 0 Å². The molecule has 0 fully saturated rings. The van der Waals surface area contributed by atoms with Crippen LogP contribution in [0, 0.1) is 13.8 Å². The lowest BCUT2D eigenvalue weighted by molar-refractivity contribution is 0.281. The lowest BCUT2D eigenvalue weighted by Gasteiger charge is -2.12. The van der Waals surface area contributed by atoms with Crippen LogP contribution in [0.2, 0.25) is 0 Å². The number of aryl methyl sites for hydroxylation is 2. The fraction of sp³-hybridized carbons (Fsp3) is 0.200. The molecule has 0 aromatic heterocycles. The van der Waals surface area contributed by atoms with Gasteiger partial charge in [0.05, 0.1) is 17.2 Å². The van der Waals surface area contributed by atoms with Gasteiger partial charge in [0.1, 0.15) is 0 Å². The van der Waals surface area contributed by atoms with Crippen LogP contribution in [0.25, 0.3) is 0 Å². The van der Waals surface area contributed by atoms with E-state index in [2.05, 4.69) is 20.7 Å². The molecule has 2 N–H and O–H groups in total. The van der Waals surface area contributed by atoms with Gasteiger partial charge in [-0.25, -0.2) is 8.42 Å². The molecule has 2 aromatic rings. The molecular formula is C15H16BrNO3S. The molecule has 2 rings (SSSR count). The van der Waals surface area contributed by atoms with Gasteiger partial charge in [-0.15, -0.1) is 0 Å². The van der Waals surface area contributed by atoms with Crippen LogP contribution in [0.1, 0.15) is 16.7 Å². The van der Waals surface area contributed by atoms with Crippen LogP contribution < -0.4 is 4.72 Å². The number of sulfonamides is 1. The molecule has 0 saturated carbocycles. The van der Waals surface area contributed by atoms with Gasteiger partial charge < -0.3 is 5.11 Å². The first-order chi connectivity index (χ1) is 9.85. The molecule has 0 heterocycles. The van der Waals surface area contributed by atoms with Crippen molar-refractivity contribution in [2.75, 3.05) is 4.72 Å². The largest absolute Gasteiger partial charge is 0.392 e. The minimum atomic E-state index is -3.69. The van der Waals surface area contributed by atoms with Crippen molar-refractivity contribution in [1.82, 2.24) is 0 Å². The highest BCUT2D eigenvalue weighted by atomic mass is 79.9. The molecule has 0 saturated heterocycles. The summed E-state index contributed by atoms with van der Waals surface area (Å²) in [5.74, 6) is 0. The minimum absolute atomic E-state index is 0.130. The molecule has 0 unspecified atom stereocenters. The average Bonchev–Trinajstić information content (AvgIpc) is 2.44. The van der Waals surface area contributed by atoms with Gasteiger partial charge in [-0.1, -0.05) is 18.2 Å². The van der Waals surface area contributed by atoms with E-state index in [1.54, 1.807) is 18.2 Å². The van der Waals surface area contributed by atoms with Crippen LogP contribution in [0.4, 0.5) is 5.69 Å².